The maximum atomic E-state index is 2.34. The fraction of sp³-hybridized carbons (Fsp3) is 0.778. The molecule has 58 valence electrons. The average molecular weight is 139 g/mol. The number of hydrogen-bond acceptors (Lipinski definition) is 1. The van der Waals surface area contributed by atoms with E-state index in [1.807, 2.05) is 0 Å². The van der Waals surface area contributed by atoms with Gasteiger partial charge in [-0.25, -0.2) is 0 Å². The van der Waals surface area contributed by atoms with Crippen molar-refractivity contribution in [2.24, 2.45) is 0 Å². The van der Waals surface area contributed by atoms with E-state index in [1.54, 1.807) is 0 Å². The quantitative estimate of drug-likeness (QED) is 0.502. The monoisotopic (exact) mass is 139 g/mol. The van der Waals surface area contributed by atoms with E-state index in [0.717, 1.165) is 6.04 Å². The highest BCUT2D eigenvalue weighted by Gasteiger charge is 2.10. The van der Waals surface area contributed by atoms with Crippen molar-refractivity contribution in [3.63, 3.8) is 0 Å². The van der Waals surface area contributed by atoms with Crippen molar-refractivity contribution in [3.05, 3.63) is 12.2 Å². The summed E-state index contributed by atoms with van der Waals surface area (Å²) in [5, 5.41) is 0. The Morgan fingerprint density at radius 3 is 2.00 bits per heavy atom. The van der Waals surface area contributed by atoms with E-state index in [4.69, 9.17) is 0 Å². The Bertz CT molecular complexity index is 106. The summed E-state index contributed by atoms with van der Waals surface area (Å²) in [6, 6.07) is 0.815. The molecule has 0 bridgehead atoms. The van der Waals surface area contributed by atoms with Crippen LogP contribution in [0.1, 0.15) is 25.7 Å². The Morgan fingerprint density at radius 1 is 1.10 bits per heavy atom. The molecule has 0 aliphatic heterocycles. The van der Waals surface area contributed by atoms with Gasteiger partial charge in [-0.1, -0.05) is 12.2 Å². The van der Waals surface area contributed by atoms with Gasteiger partial charge < -0.3 is 4.90 Å². The molecular weight excluding hydrogens is 122 g/mol. The minimum atomic E-state index is 0.815. The van der Waals surface area contributed by atoms with Crippen LogP contribution in [0.15, 0.2) is 12.2 Å². The van der Waals surface area contributed by atoms with Gasteiger partial charge in [0, 0.05) is 6.04 Å². The SMILES string of the molecule is CN(C)C1CCC=CCC1. The summed E-state index contributed by atoms with van der Waals surface area (Å²) < 4.78 is 0. The number of nitrogens with zero attached hydrogens (tertiary/aromatic N) is 1. The van der Waals surface area contributed by atoms with Gasteiger partial charge in [-0.3, -0.25) is 0 Å². The molecule has 0 radical (unpaired) electrons. The summed E-state index contributed by atoms with van der Waals surface area (Å²) in [6.45, 7) is 0. The standard InChI is InChI=1S/C9H17N/c1-10(2)9-7-5-3-4-6-8-9/h3-4,9H,5-8H2,1-2H3. The second-order valence-electron chi connectivity index (χ2n) is 3.24. The van der Waals surface area contributed by atoms with Gasteiger partial charge in [0.2, 0.25) is 0 Å². The molecule has 1 rings (SSSR count). The lowest BCUT2D eigenvalue weighted by Gasteiger charge is -2.21. The lowest BCUT2D eigenvalue weighted by atomic mass is 10.1. The van der Waals surface area contributed by atoms with Crippen molar-refractivity contribution in [1.29, 1.82) is 0 Å². The van der Waals surface area contributed by atoms with Crippen molar-refractivity contribution in [2.45, 2.75) is 31.7 Å². The molecule has 1 aliphatic rings. The normalized spacial score (nSPS) is 21.5. The van der Waals surface area contributed by atoms with Crippen molar-refractivity contribution < 1.29 is 0 Å². The fourth-order valence-corrected chi connectivity index (χ4v) is 1.47. The molecule has 0 aromatic carbocycles. The molecule has 0 saturated carbocycles. The largest absolute Gasteiger partial charge is 0.306 e. The molecule has 0 heterocycles. The molecule has 0 aromatic rings. The molecule has 0 saturated heterocycles. The van der Waals surface area contributed by atoms with Crippen LogP contribution in [0.2, 0.25) is 0 Å². The second kappa shape index (κ2) is 3.77. The van der Waals surface area contributed by atoms with Gasteiger partial charge in [-0.2, -0.15) is 0 Å². The van der Waals surface area contributed by atoms with Crippen LogP contribution in [-0.2, 0) is 0 Å². The van der Waals surface area contributed by atoms with E-state index in [-0.39, 0.29) is 0 Å². The summed E-state index contributed by atoms with van der Waals surface area (Å²) >= 11 is 0. The number of rotatable bonds is 1. The summed E-state index contributed by atoms with van der Waals surface area (Å²) in [6.07, 6.45) is 9.83. The third-order valence-corrected chi connectivity index (χ3v) is 2.23. The number of hydrogen-bond donors (Lipinski definition) is 0. The molecule has 0 atom stereocenters. The molecule has 0 amide bonds. The van der Waals surface area contributed by atoms with Gasteiger partial charge in [0.1, 0.15) is 0 Å². The third-order valence-electron chi connectivity index (χ3n) is 2.23. The van der Waals surface area contributed by atoms with Crippen LogP contribution in [0.3, 0.4) is 0 Å². The lowest BCUT2D eigenvalue weighted by molar-refractivity contribution is 0.270. The maximum Gasteiger partial charge on any atom is 0.00950 e. The van der Waals surface area contributed by atoms with Crippen molar-refractivity contribution in [1.82, 2.24) is 4.90 Å². The van der Waals surface area contributed by atoms with Gasteiger partial charge in [-0.15, -0.1) is 0 Å². The highest BCUT2D eigenvalue weighted by atomic mass is 15.1. The van der Waals surface area contributed by atoms with Gasteiger partial charge in [0.05, 0.1) is 0 Å². The molecule has 1 heteroatoms. The van der Waals surface area contributed by atoms with Crippen LogP contribution >= 0.6 is 0 Å². The Hall–Kier alpha value is -0.300. The van der Waals surface area contributed by atoms with Crippen molar-refractivity contribution >= 4 is 0 Å². The van der Waals surface area contributed by atoms with E-state index < -0.39 is 0 Å². The molecule has 0 N–H and O–H groups in total. The minimum Gasteiger partial charge on any atom is -0.306 e. The molecule has 1 aliphatic carbocycles. The summed E-state index contributed by atoms with van der Waals surface area (Å²) in [7, 11) is 4.35. The summed E-state index contributed by atoms with van der Waals surface area (Å²) in [5.41, 5.74) is 0. The zero-order valence-electron chi connectivity index (χ0n) is 7.01. The van der Waals surface area contributed by atoms with Gasteiger partial charge in [0.15, 0.2) is 0 Å². The highest BCUT2D eigenvalue weighted by Crippen LogP contribution is 2.14. The Labute approximate surface area is 63.7 Å². The van der Waals surface area contributed by atoms with E-state index in [2.05, 4.69) is 31.1 Å². The van der Waals surface area contributed by atoms with Crippen molar-refractivity contribution in [3.8, 4) is 0 Å². The predicted molar refractivity (Wildman–Crippen MR) is 45.1 cm³/mol. The third kappa shape index (κ3) is 2.14. The topological polar surface area (TPSA) is 3.24 Å². The highest BCUT2D eigenvalue weighted by molar-refractivity contribution is 4.88. The van der Waals surface area contributed by atoms with Crippen molar-refractivity contribution in [2.75, 3.05) is 14.1 Å². The van der Waals surface area contributed by atoms with Crippen LogP contribution in [0.5, 0.6) is 0 Å². The Kier molecular flexibility index (Phi) is 2.94. The number of allylic oxidation sites excluding steroid dienone is 2. The zero-order chi connectivity index (χ0) is 7.40. The molecule has 10 heavy (non-hydrogen) atoms. The smallest absolute Gasteiger partial charge is 0.00950 e. The van der Waals surface area contributed by atoms with Crippen LogP contribution in [0.4, 0.5) is 0 Å². The van der Waals surface area contributed by atoms with Crippen LogP contribution in [-0.4, -0.2) is 25.0 Å². The first-order chi connectivity index (χ1) is 4.80. The van der Waals surface area contributed by atoms with E-state index in [1.165, 1.54) is 25.7 Å². The first kappa shape index (κ1) is 7.80. The predicted octanol–water partition coefficient (Wildman–Crippen LogP) is 2.05. The van der Waals surface area contributed by atoms with Crippen LogP contribution in [0, 0.1) is 0 Å². The molecule has 1 nitrogen and oxygen atoms in total. The second-order valence-corrected chi connectivity index (χ2v) is 3.24. The Balaban J connectivity index is 2.34. The first-order valence-corrected chi connectivity index (χ1v) is 4.12. The fourth-order valence-electron chi connectivity index (χ4n) is 1.47. The van der Waals surface area contributed by atoms with Gasteiger partial charge >= 0.3 is 0 Å². The first-order valence-electron chi connectivity index (χ1n) is 4.12. The molecule has 0 aromatic heterocycles. The van der Waals surface area contributed by atoms with E-state index in [0.29, 0.717) is 0 Å². The van der Waals surface area contributed by atoms with E-state index >= 15 is 0 Å². The summed E-state index contributed by atoms with van der Waals surface area (Å²) in [5.74, 6) is 0. The summed E-state index contributed by atoms with van der Waals surface area (Å²) in [4.78, 5) is 2.34. The molecule has 0 spiro atoms. The van der Waals surface area contributed by atoms with Crippen LogP contribution < -0.4 is 0 Å². The van der Waals surface area contributed by atoms with Gasteiger partial charge in [0.25, 0.3) is 0 Å². The average Bonchev–Trinajstić information content (AvgIpc) is 2.12. The molecule has 0 fully saturated rings. The van der Waals surface area contributed by atoms with E-state index in [9.17, 15) is 0 Å². The Morgan fingerprint density at radius 2 is 1.60 bits per heavy atom. The maximum absolute atomic E-state index is 2.34. The van der Waals surface area contributed by atoms with Gasteiger partial charge in [-0.05, 0) is 39.8 Å². The molecular formula is C9H17N. The zero-order valence-corrected chi connectivity index (χ0v) is 7.01. The lowest BCUT2D eigenvalue weighted by Crippen LogP contribution is -2.26. The molecule has 0 unspecified atom stereocenters. The van der Waals surface area contributed by atoms with Crippen LogP contribution in [0.25, 0.3) is 0 Å². The minimum absolute atomic E-state index is 0.815.